The molecule has 1 rings (SSSR count). The quantitative estimate of drug-likeness (QED) is 0.827. The number of ether oxygens (including phenoxy) is 1. The highest BCUT2D eigenvalue weighted by atomic mass is 35.5. The number of hydrogen-bond acceptors (Lipinski definition) is 3. The van der Waals surface area contributed by atoms with E-state index in [0.29, 0.717) is 17.2 Å². The number of benzene rings is 1. The Morgan fingerprint density at radius 2 is 2.36 bits per heavy atom. The summed E-state index contributed by atoms with van der Waals surface area (Å²) in [5, 5.41) is 9.07. The van der Waals surface area contributed by atoms with Crippen LogP contribution in [0.15, 0.2) is 18.2 Å². The van der Waals surface area contributed by atoms with Gasteiger partial charge in [0, 0.05) is 6.42 Å². The highest BCUT2D eigenvalue weighted by molar-refractivity contribution is 6.32. The van der Waals surface area contributed by atoms with Crippen LogP contribution >= 0.6 is 11.6 Å². The Hall–Kier alpha value is -1.24. The molecule has 0 heterocycles. The maximum Gasteiger partial charge on any atom is 0.137 e. The number of nitriles is 1. The smallest absolute Gasteiger partial charge is 0.137 e. The zero-order valence-electron chi connectivity index (χ0n) is 7.83. The third-order valence-corrected chi connectivity index (χ3v) is 2.13. The summed E-state index contributed by atoms with van der Waals surface area (Å²) in [6.45, 7) is 0. The number of nitrogens with zero attached hydrogens (tertiary/aromatic N) is 1. The van der Waals surface area contributed by atoms with E-state index in [0.717, 1.165) is 5.56 Å². The van der Waals surface area contributed by atoms with Crippen molar-refractivity contribution in [3.8, 4) is 11.8 Å². The Morgan fingerprint density at radius 1 is 1.64 bits per heavy atom. The number of methoxy groups -OCH3 is 1. The summed E-state index contributed by atoms with van der Waals surface area (Å²) in [5.74, 6) is 0.626. The van der Waals surface area contributed by atoms with Gasteiger partial charge in [-0.2, -0.15) is 5.26 Å². The average Bonchev–Trinajstić information content (AvgIpc) is 2.18. The topological polar surface area (TPSA) is 59.0 Å². The molecule has 0 saturated carbocycles. The van der Waals surface area contributed by atoms with Crippen LogP contribution in [0.4, 0.5) is 0 Å². The van der Waals surface area contributed by atoms with Gasteiger partial charge >= 0.3 is 0 Å². The molecular formula is C10H11ClN2O. The summed E-state index contributed by atoms with van der Waals surface area (Å²) in [6.07, 6.45) is 0.500. The summed E-state index contributed by atoms with van der Waals surface area (Å²) in [5.41, 5.74) is 6.43. The van der Waals surface area contributed by atoms with E-state index in [4.69, 9.17) is 27.3 Å². The van der Waals surface area contributed by atoms with Gasteiger partial charge in [-0.05, 0) is 17.7 Å². The maximum atomic E-state index is 8.53. The molecule has 2 N–H and O–H groups in total. The highest BCUT2D eigenvalue weighted by Gasteiger charge is 2.05. The molecule has 0 amide bonds. The molecule has 0 aliphatic carbocycles. The fourth-order valence-corrected chi connectivity index (χ4v) is 1.42. The molecule has 0 spiro atoms. The fourth-order valence-electron chi connectivity index (χ4n) is 1.14. The van der Waals surface area contributed by atoms with E-state index >= 15 is 0 Å². The van der Waals surface area contributed by atoms with Crippen LogP contribution in [0.2, 0.25) is 5.02 Å². The van der Waals surface area contributed by atoms with Crippen molar-refractivity contribution in [2.24, 2.45) is 5.73 Å². The molecule has 4 heteroatoms. The summed E-state index contributed by atoms with van der Waals surface area (Å²) in [7, 11) is 1.56. The molecule has 14 heavy (non-hydrogen) atoms. The second kappa shape index (κ2) is 4.85. The van der Waals surface area contributed by atoms with Gasteiger partial charge in [-0.15, -0.1) is 0 Å². The lowest BCUT2D eigenvalue weighted by Crippen LogP contribution is -2.19. The van der Waals surface area contributed by atoms with Gasteiger partial charge in [-0.3, -0.25) is 0 Å². The normalized spacial score (nSPS) is 11.9. The summed E-state index contributed by atoms with van der Waals surface area (Å²) in [6, 6.07) is 6.85. The fraction of sp³-hybridized carbons (Fsp3) is 0.300. The average molecular weight is 211 g/mol. The molecule has 0 fully saturated rings. The maximum absolute atomic E-state index is 8.53. The van der Waals surface area contributed by atoms with Crippen molar-refractivity contribution in [3.05, 3.63) is 28.8 Å². The van der Waals surface area contributed by atoms with Gasteiger partial charge in [-0.1, -0.05) is 17.7 Å². The van der Waals surface area contributed by atoms with E-state index in [9.17, 15) is 0 Å². The lowest BCUT2D eigenvalue weighted by atomic mass is 10.1. The molecule has 1 aromatic carbocycles. The number of rotatable bonds is 3. The lowest BCUT2D eigenvalue weighted by molar-refractivity contribution is 0.415. The van der Waals surface area contributed by atoms with Crippen LogP contribution in [0.1, 0.15) is 5.56 Å². The van der Waals surface area contributed by atoms with Gasteiger partial charge in [0.15, 0.2) is 0 Å². The van der Waals surface area contributed by atoms with Crippen molar-refractivity contribution in [2.75, 3.05) is 7.11 Å². The Morgan fingerprint density at radius 3 is 2.86 bits per heavy atom. The first-order valence-electron chi connectivity index (χ1n) is 4.15. The van der Waals surface area contributed by atoms with Crippen LogP contribution in [0, 0.1) is 11.3 Å². The second-order valence-electron chi connectivity index (χ2n) is 2.91. The van der Waals surface area contributed by atoms with Gasteiger partial charge in [0.05, 0.1) is 24.2 Å². The van der Waals surface area contributed by atoms with Crippen LogP contribution in [-0.2, 0) is 6.42 Å². The lowest BCUT2D eigenvalue weighted by Gasteiger charge is -2.06. The summed E-state index contributed by atoms with van der Waals surface area (Å²) >= 11 is 5.91. The minimum Gasteiger partial charge on any atom is -0.495 e. The number of hydrogen-bond donors (Lipinski definition) is 1. The molecule has 1 aromatic rings. The monoisotopic (exact) mass is 210 g/mol. The molecule has 0 saturated heterocycles. The molecule has 0 aliphatic rings. The van der Waals surface area contributed by atoms with E-state index in [1.807, 2.05) is 12.1 Å². The molecule has 1 unspecified atom stereocenters. The standard InChI is InChI=1S/C10H11ClN2O/c1-14-10-3-2-7(5-9(10)11)4-8(13)6-12/h2-3,5,8H,4,13H2,1H3. The first kappa shape index (κ1) is 10.8. The SMILES string of the molecule is COc1ccc(CC(N)C#N)cc1Cl. The van der Waals surface area contributed by atoms with Crippen molar-refractivity contribution < 1.29 is 4.74 Å². The molecule has 0 aliphatic heterocycles. The molecule has 0 bridgehead atoms. The number of halogens is 1. The van der Waals surface area contributed by atoms with E-state index in [1.165, 1.54) is 0 Å². The Labute approximate surface area is 88.0 Å². The van der Waals surface area contributed by atoms with Crippen molar-refractivity contribution in [3.63, 3.8) is 0 Å². The summed E-state index contributed by atoms with van der Waals surface area (Å²) < 4.78 is 5.00. The van der Waals surface area contributed by atoms with Gasteiger partial charge in [-0.25, -0.2) is 0 Å². The van der Waals surface area contributed by atoms with Crippen LogP contribution in [-0.4, -0.2) is 13.2 Å². The van der Waals surface area contributed by atoms with Gasteiger partial charge in [0.2, 0.25) is 0 Å². The molecule has 3 nitrogen and oxygen atoms in total. The third-order valence-electron chi connectivity index (χ3n) is 1.84. The van der Waals surface area contributed by atoms with Crippen molar-refractivity contribution in [1.29, 1.82) is 5.26 Å². The first-order chi connectivity index (χ1) is 6.67. The Balaban J connectivity index is 2.82. The largest absolute Gasteiger partial charge is 0.495 e. The highest BCUT2D eigenvalue weighted by Crippen LogP contribution is 2.25. The predicted molar refractivity (Wildman–Crippen MR) is 55.3 cm³/mol. The van der Waals surface area contributed by atoms with Crippen molar-refractivity contribution >= 4 is 11.6 Å². The van der Waals surface area contributed by atoms with E-state index in [-0.39, 0.29) is 0 Å². The zero-order chi connectivity index (χ0) is 10.6. The number of nitrogens with two attached hydrogens (primary N) is 1. The van der Waals surface area contributed by atoms with Crippen molar-refractivity contribution in [2.45, 2.75) is 12.5 Å². The third kappa shape index (κ3) is 2.63. The van der Waals surface area contributed by atoms with Gasteiger partial charge in [0.1, 0.15) is 5.75 Å². The molecule has 74 valence electrons. The van der Waals surface area contributed by atoms with Gasteiger partial charge < -0.3 is 10.5 Å². The van der Waals surface area contributed by atoms with Crippen LogP contribution in [0.3, 0.4) is 0 Å². The minimum atomic E-state index is -0.487. The zero-order valence-corrected chi connectivity index (χ0v) is 8.58. The van der Waals surface area contributed by atoms with E-state index < -0.39 is 6.04 Å². The molecule has 1 atom stereocenters. The molecular weight excluding hydrogens is 200 g/mol. The molecule has 0 aromatic heterocycles. The Bertz CT molecular complexity index is 360. The van der Waals surface area contributed by atoms with Crippen LogP contribution < -0.4 is 10.5 Å². The Kier molecular flexibility index (Phi) is 3.75. The van der Waals surface area contributed by atoms with E-state index in [2.05, 4.69) is 0 Å². The minimum absolute atomic E-state index is 0.487. The van der Waals surface area contributed by atoms with E-state index in [1.54, 1.807) is 19.2 Å². The predicted octanol–water partition coefficient (Wildman–Crippen LogP) is 1.74. The van der Waals surface area contributed by atoms with Crippen LogP contribution in [0.25, 0.3) is 0 Å². The van der Waals surface area contributed by atoms with Gasteiger partial charge in [0.25, 0.3) is 0 Å². The molecule has 0 radical (unpaired) electrons. The van der Waals surface area contributed by atoms with Crippen molar-refractivity contribution in [1.82, 2.24) is 0 Å². The van der Waals surface area contributed by atoms with Crippen LogP contribution in [0.5, 0.6) is 5.75 Å². The second-order valence-corrected chi connectivity index (χ2v) is 3.32. The first-order valence-corrected chi connectivity index (χ1v) is 4.52. The summed E-state index contributed by atoms with van der Waals surface area (Å²) in [4.78, 5) is 0.